The first-order chi connectivity index (χ1) is 7.10. The van der Waals surface area contributed by atoms with Crippen LogP contribution in [0.2, 0.25) is 0 Å². The van der Waals surface area contributed by atoms with Crippen molar-refractivity contribution in [3.05, 3.63) is 10.3 Å². The Bertz CT molecular complexity index is 391. The number of ether oxygens (including phenoxy) is 1. The lowest BCUT2D eigenvalue weighted by Gasteiger charge is -2.04. The zero-order valence-corrected chi connectivity index (χ0v) is 9.45. The summed E-state index contributed by atoms with van der Waals surface area (Å²) in [6.45, 7) is 0. The Morgan fingerprint density at radius 2 is 2.33 bits per heavy atom. The molecule has 0 unspecified atom stereocenters. The van der Waals surface area contributed by atoms with Gasteiger partial charge in [0.2, 0.25) is 5.91 Å². The summed E-state index contributed by atoms with van der Waals surface area (Å²) in [4.78, 5) is 22.6. The van der Waals surface area contributed by atoms with Gasteiger partial charge in [0.15, 0.2) is 0 Å². The maximum atomic E-state index is 11.3. The van der Waals surface area contributed by atoms with Crippen LogP contribution in [0.25, 0.3) is 0 Å². The quantitative estimate of drug-likeness (QED) is 0.624. The van der Waals surface area contributed by atoms with Crippen LogP contribution in [0.4, 0.5) is 11.4 Å². The number of esters is 1. The lowest BCUT2D eigenvalue weighted by Crippen LogP contribution is -2.15. The van der Waals surface area contributed by atoms with Crippen LogP contribution in [0.3, 0.4) is 0 Å². The van der Waals surface area contributed by atoms with Gasteiger partial charge in [0, 0.05) is 5.38 Å². The molecule has 0 saturated carbocycles. The Morgan fingerprint density at radius 1 is 1.67 bits per heavy atom. The van der Waals surface area contributed by atoms with Gasteiger partial charge in [-0.2, -0.15) is 0 Å². The molecule has 0 atom stereocenters. The van der Waals surface area contributed by atoms with Crippen molar-refractivity contribution in [1.29, 1.82) is 0 Å². The minimum atomic E-state index is -0.540. The van der Waals surface area contributed by atoms with E-state index in [1.807, 2.05) is 0 Å². The summed E-state index contributed by atoms with van der Waals surface area (Å²) in [5.41, 5.74) is 6.16. The zero-order chi connectivity index (χ0) is 11.4. The molecule has 7 heteroatoms. The van der Waals surface area contributed by atoms with Crippen LogP contribution < -0.4 is 11.1 Å². The van der Waals surface area contributed by atoms with E-state index < -0.39 is 11.9 Å². The highest BCUT2D eigenvalue weighted by atomic mass is 35.5. The second-order valence-corrected chi connectivity index (χ2v) is 3.72. The number of methoxy groups -OCH3 is 1. The summed E-state index contributed by atoms with van der Waals surface area (Å²) in [5, 5.41) is 3.99. The van der Waals surface area contributed by atoms with Crippen LogP contribution in [0.5, 0.6) is 0 Å². The molecular formula is C8H9ClN2O3S. The van der Waals surface area contributed by atoms with E-state index in [2.05, 4.69) is 10.1 Å². The maximum Gasteiger partial charge on any atom is 0.350 e. The number of nitrogen functional groups attached to an aromatic ring is 1. The van der Waals surface area contributed by atoms with Gasteiger partial charge in [0.25, 0.3) is 0 Å². The van der Waals surface area contributed by atoms with Gasteiger partial charge in [-0.1, -0.05) is 0 Å². The molecule has 82 valence electrons. The molecule has 3 N–H and O–H groups in total. The first kappa shape index (κ1) is 11.8. The van der Waals surface area contributed by atoms with Crippen LogP contribution in [0.15, 0.2) is 5.38 Å². The average molecular weight is 249 g/mol. The Kier molecular flexibility index (Phi) is 3.93. The second-order valence-electron chi connectivity index (χ2n) is 2.57. The number of hydrogen-bond acceptors (Lipinski definition) is 5. The van der Waals surface area contributed by atoms with Gasteiger partial charge >= 0.3 is 5.97 Å². The molecule has 1 heterocycles. The largest absolute Gasteiger partial charge is 0.465 e. The monoisotopic (exact) mass is 248 g/mol. The molecule has 0 aliphatic carbocycles. The van der Waals surface area contributed by atoms with Gasteiger partial charge < -0.3 is 15.8 Å². The van der Waals surface area contributed by atoms with Crippen molar-refractivity contribution in [2.75, 3.05) is 24.0 Å². The molecule has 0 aromatic carbocycles. The van der Waals surface area contributed by atoms with Crippen LogP contribution in [-0.4, -0.2) is 24.9 Å². The van der Waals surface area contributed by atoms with E-state index in [4.69, 9.17) is 17.3 Å². The fourth-order valence-electron chi connectivity index (χ4n) is 0.916. The number of nitrogens with one attached hydrogen (secondary N) is 1. The maximum absolute atomic E-state index is 11.3. The molecule has 0 saturated heterocycles. The number of carbonyl (C=O) groups is 2. The standard InChI is InChI=1S/C8H9ClN2O3S/c1-14-8(13)7-6(4(10)3-15-7)11-5(12)2-9/h3H,2,10H2,1H3,(H,11,12). The molecule has 15 heavy (non-hydrogen) atoms. The van der Waals surface area contributed by atoms with Gasteiger partial charge in [-0.25, -0.2) is 4.79 Å². The van der Waals surface area contributed by atoms with Crippen molar-refractivity contribution in [2.24, 2.45) is 0 Å². The number of anilines is 2. The van der Waals surface area contributed by atoms with Crippen molar-refractivity contribution >= 4 is 46.2 Å². The summed E-state index contributed by atoms with van der Waals surface area (Å²) < 4.78 is 4.54. The van der Waals surface area contributed by atoms with Crippen LogP contribution in [-0.2, 0) is 9.53 Å². The zero-order valence-electron chi connectivity index (χ0n) is 7.87. The smallest absolute Gasteiger partial charge is 0.350 e. The number of carbonyl (C=O) groups excluding carboxylic acids is 2. The second kappa shape index (κ2) is 4.99. The molecule has 0 aliphatic heterocycles. The van der Waals surface area contributed by atoms with Crippen molar-refractivity contribution < 1.29 is 14.3 Å². The molecule has 5 nitrogen and oxygen atoms in total. The van der Waals surface area contributed by atoms with Crippen molar-refractivity contribution in [1.82, 2.24) is 0 Å². The first-order valence-corrected chi connectivity index (χ1v) is 5.32. The summed E-state index contributed by atoms with van der Waals surface area (Å²) in [7, 11) is 1.26. The summed E-state index contributed by atoms with van der Waals surface area (Å²) in [6, 6.07) is 0. The molecule has 1 aromatic heterocycles. The third-order valence-corrected chi connectivity index (χ3v) is 2.80. The van der Waals surface area contributed by atoms with E-state index in [0.29, 0.717) is 5.69 Å². The fourth-order valence-corrected chi connectivity index (χ4v) is 1.81. The van der Waals surface area contributed by atoms with Gasteiger partial charge in [-0.3, -0.25) is 4.79 Å². The van der Waals surface area contributed by atoms with E-state index in [1.165, 1.54) is 7.11 Å². The summed E-state index contributed by atoms with van der Waals surface area (Å²) >= 11 is 6.43. The number of nitrogens with two attached hydrogens (primary N) is 1. The van der Waals surface area contributed by atoms with Gasteiger partial charge in [0.1, 0.15) is 10.8 Å². The third kappa shape index (κ3) is 2.60. The predicted octanol–water partition coefficient (Wildman–Crippen LogP) is 1.29. The Labute approximate surface area is 95.2 Å². The number of halogens is 1. The highest BCUT2D eigenvalue weighted by molar-refractivity contribution is 7.13. The first-order valence-electron chi connectivity index (χ1n) is 3.91. The molecule has 1 amide bonds. The molecule has 0 bridgehead atoms. The van der Waals surface area contributed by atoms with Gasteiger partial charge in [-0.15, -0.1) is 22.9 Å². The van der Waals surface area contributed by atoms with E-state index in [-0.39, 0.29) is 16.4 Å². The Morgan fingerprint density at radius 3 is 2.87 bits per heavy atom. The lowest BCUT2D eigenvalue weighted by molar-refractivity contribution is -0.113. The lowest BCUT2D eigenvalue weighted by atomic mass is 10.3. The topological polar surface area (TPSA) is 81.4 Å². The predicted molar refractivity (Wildman–Crippen MR) is 59.4 cm³/mol. The molecule has 0 aliphatic rings. The van der Waals surface area contributed by atoms with Gasteiger partial charge in [0.05, 0.1) is 18.5 Å². The molecule has 0 spiro atoms. The van der Waals surface area contributed by atoms with Crippen molar-refractivity contribution in [3.63, 3.8) is 0 Å². The molecular weight excluding hydrogens is 240 g/mol. The van der Waals surface area contributed by atoms with Crippen LogP contribution in [0, 0.1) is 0 Å². The van der Waals surface area contributed by atoms with E-state index in [1.54, 1.807) is 5.38 Å². The highest BCUT2D eigenvalue weighted by Crippen LogP contribution is 2.30. The summed E-state index contributed by atoms with van der Waals surface area (Å²) in [6.07, 6.45) is 0. The number of hydrogen-bond donors (Lipinski definition) is 2. The number of amides is 1. The fraction of sp³-hybridized carbons (Fsp3) is 0.250. The summed E-state index contributed by atoms with van der Waals surface area (Å²) in [5.74, 6) is -1.16. The molecule has 0 radical (unpaired) electrons. The Balaban J connectivity index is 2.99. The molecule has 1 rings (SSSR count). The van der Waals surface area contributed by atoms with Crippen molar-refractivity contribution in [3.8, 4) is 0 Å². The van der Waals surface area contributed by atoms with Crippen molar-refractivity contribution in [2.45, 2.75) is 0 Å². The average Bonchev–Trinajstić information content (AvgIpc) is 2.59. The normalized spacial score (nSPS) is 9.73. The van der Waals surface area contributed by atoms with Gasteiger partial charge in [-0.05, 0) is 0 Å². The number of rotatable bonds is 3. The van der Waals surface area contributed by atoms with Crippen LogP contribution in [0.1, 0.15) is 9.67 Å². The van der Waals surface area contributed by atoms with E-state index in [9.17, 15) is 9.59 Å². The minimum Gasteiger partial charge on any atom is -0.465 e. The SMILES string of the molecule is COC(=O)c1scc(N)c1NC(=O)CCl. The number of thiophene rings is 1. The number of alkyl halides is 1. The minimum absolute atomic E-state index is 0.199. The third-order valence-electron chi connectivity index (χ3n) is 1.58. The van der Waals surface area contributed by atoms with E-state index >= 15 is 0 Å². The van der Waals surface area contributed by atoms with Crippen LogP contribution >= 0.6 is 22.9 Å². The van der Waals surface area contributed by atoms with E-state index in [0.717, 1.165) is 11.3 Å². The molecule has 1 aromatic rings. The molecule has 0 fully saturated rings. The Hall–Kier alpha value is -1.27. The highest BCUT2D eigenvalue weighted by Gasteiger charge is 2.18.